The van der Waals surface area contributed by atoms with Gasteiger partial charge in [-0.1, -0.05) is 0 Å². The van der Waals surface area contributed by atoms with Crippen LogP contribution in [0.25, 0.3) is 0 Å². The first-order chi connectivity index (χ1) is 16.7. The maximum Gasteiger partial charge on any atom is 0.419 e. The van der Waals surface area contributed by atoms with Crippen molar-refractivity contribution in [3.05, 3.63) is 29.2 Å². The molecule has 4 fully saturated rings. The smallest absolute Gasteiger partial charge is 0.419 e. The summed E-state index contributed by atoms with van der Waals surface area (Å²) in [6, 6.07) is 1.03. The molecule has 3 saturated carbocycles. The van der Waals surface area contributed by atoms with E-state index in [9.17, 15) is 22.8 Å². The van der Waals surface area contributed by atoms with Crippen LogP contribution in [0.4, 0.5) is 28.6 Å². The number of nitrogens with one attached hydrogen (secondary N) is 3. The molecule has 0 aromatic carbocycles. The fourth-order valence-corrected chi connectivity index (χ4v) is 5.34. The lowest BCUT2D eigenvalue weighted by molar-refractivity contribution is -0.138. The van der Waals surface area contributed by atoms with Crippen LogP contribution in [0.3, 0.4) is 0 Å². The normalized spacial score (nSPS) is 29.1. The average molecular weight is 495 g/mol. The molecule has 3 amide bonds. The van der Waals surface area contributed by atoms with Crippen molar-refractivity contribution >= 4 is 17.9 Å². The Morgan fingerprint density at radius 3 is 2.77 bits per heavy atom. The number of amides is 3. The zero-order valence-corrected chi connectivity index (χ0v) is 18.6. The zero-order valence-electron chi connectivity index (χ0n) is 18.6. The fraction of sp³-hybridized carbons (Fsp3) is 0.619. The maximum atomic E-state index is 13.2. The Labute approximate surface area is 197 Å². The highest BCUT2D eigenvalue weighted by molar-refractivity contribution is 5.88. The quantitative estimate of drug-likeness (QED) is 0.599. The summed E-state index contributed by atoms with van der Waals surface area (Å²) in [6.45, 7) is 0.408. The van der Waals surface area contributed by atoms with Gasteiger partial charge in [0.2, 0.25) is 0 Å². The first-order valence-corrected chi connectivity index (χ1v) is 11.5. The largest absolute Gasteiger partial charge is 0.444 e. The number of H-pyrrole nitrogens is 1. The first-order valence-electron chi connectivity index (χ1n) is 11.5. The predicted octanol–water partition coefficient (Wildman–Crippen LogP) is 2.78. The van der Waals surface area contributed by atoms with Crippen molar-refractivity contribution in [3.8, 4) is 0 Å². The summed E-state index contributed by atoms with van der Waals surface area (Å²) in [5.41, 5.74) is -0.350. The van der Waals surface area contributed by atoms with Crippen LogP contribution in [0, 0.1) is 5.92 Å². The molecule has 0 radical (unpaired) electrons. The molecule has 2 bridgehead atoms. The minimum Gasteiger partial charge on any atom is -0.444 e. The van der Waals surface area contributed by atoms with Crippen LogP contribution < -0.4 is 10.6 Å². The SMILES string of the molecule is O=C(NC12CC(C1)C2)O[C@H]1CO[C@@H](c2cc(NC(=O)N3CCn4ncc(C(F)(F)F)c4C3)n[nH]2)C1. The average Bonchev–Trinajstić information content (AvgIpc) is 3.48. The van der Waals surface area contributed by atoms with E-state index < -0.39 is 30.0 Å². The van der Waals surface area contributed by atoms with Gasteiger partial charge in [-0.3, -0.25) is 15.1 Å². The molecular weight excluding hydrogens is 471 g/mol. The second-order valence-electron chi connectivity index (χ2n) is 9.75. The summed E-state index contributed by atoms with van der Waals surface area (Å²) in [5.74, 6) is 0.967. The Morgan fingerprint density at radius 1 is 1.26 bits per heavy atom. The molecule has 11 nitrogen and oxygen atoms in total. The third-order valence-corrected chi connectivity index (χ3v) is 7.28. The van der Waals surface area contributed by atoms with Gasteiger partial charge in [0.1, 0.15) is 12.2 Å². The van der Waals surface area contributed by atoms with Gasteiger partial charge in [-0.25, -0.2) is 9.59 Å². The number of carbonyl (C=O) groups excluding carboxylic acids is 2. The molecule has 35 heavy (non-hydrogen) atoms. The number of alkyl halides is 3. The summed E-state index contributed by atoms with van der Waals surface area (Å²) in [5, 5.41) is 16.2. The summed E-state index contributed by atoms with van der Waals surface area (Å²) in [6.07, 6.45) is -1.44. The lowest BCUT2D eigenvalue weighted by Gasteiger charge is -2.61. The van der Waals surface area contributed by atoms with Crippen LogP contribution >= 0.6 is 0 Å². The van der Waals surface area contributed by atoms with Crippen molar-refractivity contribution in [2.45, 2.75) is 62.7 Å². The maximum absolute atomic E-state index is 13.2. The lowest BCUT2D eigenvalue weighted by Crippen LogP contribution is -2.68. The molecule has 2 aromatic rings. The molecule has 0 unspecified atom stereocenters. The highest BCUT2D eigenvalue weighted by Gasteiger charge is 2.57. The van der Waals surface area contributed by atoms with Gasteiger partial charge in [0, 0.05) is 24.6 Å². The first kappa shape index (κ1) is 22.2. The number of fused-ring (bicyclic) bond motifs is 1. The molecule has 3 aliphatic carbocycles. The van der Waals surface area contributed by atoms with Crippen LogP contribution in [0.2, 0.25) is 0 Å². The number of hydrogen-bond donors (Lipinski definition) is 3. The third kappa shape index (κ3) is 4.09. The molecule has 2 atom stereocenters. The van der Waals surface area contributed by atoms with Gasteiger partial charge in [-0.15, -0.1) is 0 Å². The molecule has 2 aliphatic heterocycles. The summed E-state index contributed by atoms with van der Waals surface area (Å²) < 4.78 is 52.1. The molecule has 4 heterocycles. The van der Waals surface area contributed by atoms with Crippen molar-refractivity contribution in [3.63, 3.8) is 0 Å². The molecule has 14 heteroatoms. The van der Waals surface area contributed by atoms with E-state index in [4.69, 9.17) is 9.47 Å². The van der Waals surface area contributed by atoms with E-state index in [1.165, 1.54) is 9.58 Å². The van der Waals surface area contributed by atoms with Crippen LogP contribution in [0.5, 0.6) is 0 Å². The number of rotatable bonds is 4. The van der Waals surface area contributed by atoms with E-state index in [0.717, 1.165) is 31.4 Å². The van der Waals surface area contributed by atoms with E-state index in [0.29, 0.717) is 12.1 Å². The number of aromatic nitrogens is 4. The summed E-state index contributed by atoms with van der Waals surface area (Å²) in [7, 11) is 0. The van der Waals surface area contributed by atoms with Gasteiger partial charge >= 0.3 is 18.3 Å². The Morgan fingerprint density at radius 2 is 2.06 bits per heavy atom. The van der Waals surface area contributed by atoms with Crippen molar-refractivity contribution in [2.75, 3.05) is 18.5 Å². The van der Waals surface area contributed by atoms with E-state index in [1.54, 1.807) is 6.07 Å². The second kappa shape index (κ2) is 7.86. The third-order valence-electron chi connectivity index (χ3n) is 7.28. The van der Waals surface area contributed by atoms with Crippen molar-refractivity contribution in [1.82, 2.24) is 30.2 Å². The molecule has 1 saturated heterocycles. The van der Waals surface area contributed by atoms with E-state index in [-0.39, 0.29) is 49.4 Å². The number of anilines is 1. The van der Waals surface area contributed by atoms with Crippen molar-refractivity contribution in [2.24, 2.45) is 5.92 Å². The highest BCUT2D eigenvalue weighted by atomic mass is 19.4. The minimum atomic E-state index is -4.54. The van der Waals surface area contributed by atoms with Crippen LogP contribution in [-0.4, -0.2) is 61.8 Å². The number of halogens is 3. The Bertz CT molecular complexity index is 1150. The van der Waals surface area contributed by atoms with E-state index >= 15 is 0 Å². The Hall–Kier alpha value is -3.29. The fourth-order valence-electron chi connectivity index (χ4n) is 5.34. The Kier molecular flexibility index (Phi) is 4.99. The second-order valence-corrected chi connectivity index (χ2v) is 9.75. The molecule has 7 rings (SSSR count). The van der Waals surface area contributed by atoms with Gasteiger partial charge < -0.3 is 19.7 Å². The van der Waals surface area contributed by atoms with Crippen LogP contribution in [0.15, 0.2) is 12.3 Å². The molecule has 2 aromatic heterocycles. The van der Waals surface area contributed by atoms with Crippen LogP contribution in [-0.2, 0) is 28.7 Å². The number of urea groups is 1. The van der Waals surface area contributed by atoms with Gasteiger partial charge in [0.15, 0.2) is 5.82 Å². The standard InChI is InChI=1S/C21H24F3N7O4/c22-21(23,24)13-8-25-31-2-1-30(9-15(13)31)18(32)26-17-4-14(28-29-17)16-3-12(10-34-16)35-19(33)27-20-5-11(6-20)7-20/h4,8,11-12,16H,1-3,5-7,9-10H2,(H,27,33)(H2,26,28,29,32)/t11?,12-,16-,20?/m1/s1. The van der Waals surface area contributed by atoms with Crippen LogP contribution in [0.1, 0.15) is 48.7 Å². The number of aromatic amines is 1. The Balaban J connectivity index is 1.02. The summed E-state index contributed by atoms with van der Waals surface area (Å²) in [4.78, 5) is 26.1. The van der Waals surface area contributed by atoms with Crippen molar-refractivity contribution in [1.29, 1.82) is 0 Å². The zero-order chi connectivity index (χ0) is 24.4. The van der Waals surface area contributed by atoms with E-state index in [1.807, 2.05) is 0 Å². The van der Waals surface area contributed by atoms with Gasteiger partial charge in [-0.2, -0.15) is 23.4 Å². The number of hydrogen-bond acceptors (Lipinski definition) is 6. The molecule has 5 aliphatic rings. The molecule has 188 valence electrons. The number of carbonyl (C=O) groups is 2. The van der Waals surface area contributed by atoms with Gasteiger partial charge in [0.25, 0.3) is 0 Å². The monoisotopic (exact) mass is 495 g/mol. The topological polar surface area (TPSA) is 126 Å². The highest BCUT2D eigenvalue weighted by Crippen LogP contribution is 2.57. The minimum absolute atomic E-state index is 0.0508. The molecular formula is C21H24F3N7O4. The predicted molar refractivity (Wildman–Crippen MR) is 112 cm³/mol. The lowest BCUT2D eigenvalue weighted by atomic mass is 9.50. The van der Waals surface area contributed by atoms with Gasteiger partial charge in [-0.05, 0) is 25.2 Å². The number of nitrogens with zero attached hydrogens (tertiary/aromatic N) is 4. The summed E-state index contributed by atoms with van der Waals surface area (Å²) >= 11 is 0. The number of alkyl carbamates (subject to hydrolysis) is 1. The van der Waals surface area contributed by atoms with Crippen molar-refractivity contribution < 1.29 is 32.2 Å². The number of ether oxygens (including phenoxy) is 2. The van der Waals surface area contributed by atoms with E-state index in [2.05, 4.69) is 25.9 Å². The van der Waals surface area contributed by atoms with Gasteiger partial charge in [0.05, 0.1) is 42.8 Å². The molecule has 3 N–H and O–H groups in total. The molecule has 0 spiro atoms.